The molecule has 1 amide bonds. The maximum atomic E-state index is 14.5. The number of rotatable bonds is 4. The summed E-state index contributed by atoms with van der Waals surface area (Å²) in [5.74, 6) is 3.92. The molecule has 15 aliphatic carbocycles. The summed E-state index contributed by atoms with van der Waals surface area (Å²) in [5, 5.41) is 13.0. The molecular formula is C99H129N5O10. The van der Waals surface area contributed by atoms with Crippen LogP contribution >= 0.6 is 0 Å². The summed E-state index contributed by atoms with van der Waals surface area (Å²) >= 11 is 0. The number of carboxylic acids is 1. The van der Waals surface area contributed by atoms with Crippen LogP contribution in [-0.2, 0) is 43.8 Å². The Morgan fingerprint density at radius 1 is 0.474 bits per heavy atom. The lowest BCUT2D eigenvalue weighted by atomic mass is 9.34. The van der Waals surface area contributed by atoms with Gasteiger partial charge in [-0.05, 0) is 251 Å². The number of nitrogens with one attached hydrogen (secondary N) is 1. The van der Waals surface area contributed by atoms with Gasteiger partial charge in [0.1, 0.15) is 5.76 Å². The molecule has 1 heterocycles. The van der Waals surface area contributed by atoms with Gasteiger partial charge in [-0.2, -0.15) is 0 Å². The van der Waals surface area contributed by atoms with Crippen molar-refractivity contribution in [3.63, 3.8) is 0 Å². The third-order valence-electron chi connectivity index (χ3n) is 38.7. The summed E-state index contributed by atoms with van der Waals surface area (Å²) in [6, 6.07) is 0. The van der Waals surface area contributed by atoms with Crippen molar-refractivity contribution in [1.82, 2.24) is 10.3 Å². The van der Waals surface area contributed by atoms with Crippen LogP contribution in [0.25, 0.3) is 14.5 Å². The molecule has 0 bridgehead atoms. The predicted octanol–water partition coefficient (Wildman–Crippen LogP) is 20.8. The Kier molecular flexibility index (Phi) is 18.8. The number of carbonyl (C=O) groups excluding carboxylic acids is 7. The van der Waals surface area contributed by atoms with E-state index in [0.29, 0.717) is 19.3 Å². The summed E-state index contributed by atoms with van der Waals surface area (Å²) in [5.41, 5.74) is -2.26. The van der Waals surface area contributed by atoms with Crippen LogP contribution in [0.4, 0.5) is 0 Å². The standard InChI is InChI=1S/2C34H44N2O3.C31H41NO4/c1-20-19-36-28(39-20)31(5)13-12-30(4)14-15-34(8)26(21(30)17-31)23(37)16-25-32(6)18-22(35-9)27(38)29(2,3)24(32)10-11-33(25,34)7;1-10-17-36-28(39)31(5)14-13-30(4)15-16-34(8)26(21(30)19-31)23(37)18-25-32(6)20-22(35-9)27(38)29(2,3)24(32)11-12-33(25,34)7;1-26(2)21-9-10-30(6)22(29(21,5)17-19(32-8)24(26)34)15-20(33)23-18-16-28(4,25(35)36)12-11-27(18,3)13-14-31(23,30)7/h16,18-19,21,24,26H,10-15,17H2,1-8H3;1,18,20-21,24,26H,11-17,19H2,2-8H3,(H,36,39);15,17-18,21,23H,9-14,16H2,1-7H3,(H,35,36)/t2*21-,24-,26-,30+,31-,32-,33+,34+;18-,21-,23-,27+,28-,29-,30+,31+/m000/s1. The van der Waals surface area contributed by atoms with Gasteiger partial charge >= 0.3 is 5.97 Å². The number of fused-ring (bicyclic) bond motifs is 21. The van der Waals surface area contributed by atoms with E-state index in [-0.39, 0.29) is 172 Å². The first-order valence-electron chi connectivity index (χ1n) is 43.2. The Labute approximate surface area is 680 Å². The molecule has 2 N–H and O–H groups in total. The number of oxazole rings is 1. The summed E-state index contributed by atoms with van der Waals surface area (Å²) < 4.78 is 6.09. The Morgan fingerprint density at radius 3 is 1.11 bits per heavy atom. The minimum absolute atomic E-state index is 0.000545. The van der Waals surface area contributed by atoms with Crippen LogP contribution < -0.4 is 5.32 Å². The molecule has 0 unspecified atom stereocenters. The fourth-order valence-electron chi connectivity index (χ4n) is 30.6. The number of nitrogens with zero attached hydrogens (tertiary/aromatic N) is 4. The van der Waals surface area contributed by atoms with Gasteiger partial charge < -0.3 is 29.2 Å². The molecule has 1 aromatic heterocycles. The smallest absolute Gasteiger partial charge is 0.309 e. The van der Waals surface area contributed by atoms with Crippen molar-refractivity contribution in [2.45, 2.75) is 293 Å². The monoisotopic (exact) mass is 1550 g/mol. The molecule has 24 atom stereocenters. The average Bonchev–Trinajstić information content (AvgIpc) is 0.690. The van der Waals surface area contributed by atoms with E-state index in [0.717, 1.165) is 138 Å². The second-order valence-electron chi connectivity index (χ2n) is 45.3. The zero-order valence-electron chi connectivity index (χ0n) is 72.8. The van der Waals surface area contributed by atoms with E-state index >= 15 is 0 Å². The SMILES string of the molecule is [C-]#[N+]C1=C[C@]2(C)C3=CC(=O)[C@@H]4[C@@H]5C[C@@](C)(C(=O)NCC#C)CC[C@]5(C)CC[C@@]4(C)[C@]3(C)CC[C@H]2C(C)(C)C1=O.[C-]#[N+]C1=C[C@]2(C)C3=CC(=O)[C@@H]4[C@@H]5C[C@@](C)(C(=O)O)CC[C@]5(C)CC[C@@]4(C)[C@]3(C)CC[C@H]2C(C)(C)C1=O.[C-]#[N+]C1=C[C@]2(C)C3=CC(=O)[C@@H]4[C@@H]5C[C@@](C)(c6ncc(C)o6)CC[C@]5(C)CC[C@@]4(C)[C@]3(C)CC[C@H]2C(C)(C)C1=O. The van der Waals surface area contributed by atoms with Gasteiger partial charge in [-0.3, -0.25) is 24.0 Å². The molecule has 9 saturated carbocycles. The van der Waals surface area contributed by atoms with Crippen LogP contribution in [0, 0.1) is 184 Å². The number of aromatic nitrogens is 1. The van der Waals surface area contributed by atoms with Crippen LogP contribution in [0.5, 0.6) is 0 Å². The molecule has 9 fully saturated rings. The second kappa shape index (κ2) is 25.8. The van der Waals surface area contributed by atoms with Gasteiger partial charge in [0.05, 0.1) is 37.9 Å². The van der Waals surface area contributed by atoms with Crippen molar-refractivity contribution < 1.29 is 47.9 Å². The van der Waals surface area contributed by atoms with Crippen molar-refractivity contribution in [2.75, 3.05) is 6.54 Å². The molecule has 0 aliphatic heterocycles. The zero-order valence-corrected chi connectivity index (χ0v) is 72.8. The highest BCUT2D eigenvalue weighted by atomic mass is 16.4. The molecule has 15 heteroatoms. The van der Waals surface area contributed by atoms with Gasteiger partial charge in [0.25, 0.3) is 0 Å². The van der Waals surface area contributed by atoms with Crippen LogP contribution in [0.2, 0.25) is 0 Å². The summed E-state index contributed by atoms with van der Waals surface area (Å²) in [6.07, 6.45) is 37.9. The molecule has 0 aromatic carbocycles. The molecule has 15 nitrogen and oxygen atoms in total. The lowest BCUT2D eigenvalue weighted by Crippen LogP contribution is -2.65. The molecular weight excluding hydrogens is 1420 g/mol. The maximum Gasteiger partial charge on any atom is 0.309 e. The number of hydrogen-bond acceptors (Lipinski definition) is 10. The minimum atomic E-state index is -0.793. The number of hydrogen-bond donors (Lipinski definition) is 2. The number of allylic oxidation sites excluding steroid dienone is 12. The highest BCUT2D eigenvalue weighted by Crippen LogP contribution is 2.79. The van der Waals surface area contributed by atoms with E-state index in [1.54, 1.807) is 0 Å². The van der Waals surface area contributed by atoms with Crippen molar-refractivity contribution in [2.24, 2.45) is 145 Å². The quantitative estimate of drug-likeness (QED) is 0.214. The van der Waals surface area contributed by atoms with Gasteiger partial charge in [0, 0.05) is 61.1 Å². The van der Waals surface area contributed by atoms with E-state index in [9.17, 15) is 43.5 Å². The van der Waals surface area contributed by atoms with Crippen LogP contribution in [0.1, 0.15) is 292 Å². The van der Waals surface area contributed by atoms with Crippen LogP contribution in [0.15, 0.2) is 80.9 Å². The number of aliphatic carboxylic acids is 1. The number of ketones is 6. The molecule has 1 aromatic rings. The number of amides is 1. The molecule has 0 saturated heterocycles. The highest BCUT2D eigenvalue weighted by molar-refractivity contribution is 6.05. The van der Waals surface area contributed by atoms with E-state index in [1.165, 1.54) is 5.57 Å². The van der Waals surface area contributed by atoms with Gasteiger partial charge in [0.2, 0.25) is 23.0 Å². The largest absolute Gasteiger partial charge is 0.481 e. The van der Waals surface area contributed by atoms with Crippen molar-refractivity contribution >= 4 is 46.6 Å². The summed E-state index contributed by atoms with van der Waals surface area (Å²) in [6.45, 7) is 71.1. The third kappa shape index (κ3) is 10.9. The highest BCUT2D eigenvalue weighted by Gasteiger charge is 2.74. The van der Waals surface area contributed by atoms with Crippen LogP contribution in [0.3, 0.4) is 0 Å². The Bertz CT molecular complexity index is 4830. The molecule has 114 heavy (non-hydrogen) atoms. The first-order valence-corrected chi connectivity index (χ1v) is 43.2. The first-order chi connectivity index (χ1) is 52.6. The van der Waals surface area contributed by atoms with E-state index in [1.807, 2.05) is 105 Å². The Balaban J connectivity index is 0.000000142. The van der Waals surface area contributed by atoms with E-state index in [2.05, 4.69) is 121 Å². The number of Topliss-reactive ketones (excluding diaryl/α,β-unsaturated/α-hetero) is 3. The second-order valence-corrected chi connectivity index (χ2v) is 45.3. The van der Waals surface area contributed by atoms with E-state index in [4.69, 9.17) is 30.6 Å². The van der Waals surface area contributed by atoms with Gasteiger partial charge in [0.15, 0.2) is 40.6 Å². The minimum Gasteiger partial charge on any atom is -0.481 e. The Hall–Kier alpha value is -7.36. The maximum absolute atomic E-state index is 14.5. The fraction of sp³-hybridized carbons (Fsp3) is 0.717. The third-order valence-corrected chi connectivity index (χ3v) is 38.7. The molecule has 15 aliphatic rings. The molecule has 16 rings (SSSR count). The first kappa shape index (κ1) is 83.1. The number of carboxylic acid groups (broad SMARTS) is 1. The zero-order chi connectivity index (χ0) is 83.9. The fourth-order valence-corrected chi connectivity index (χ4v) is 30.6. The van der Waals surface area contributed by atoms with Crippen molar-refractivity contribution in [3.05, 3.63) is 122 Å². The summed E-state index contributed by atoms with van der Waals surface area (Å²) in [4.78, 5) is 124. The topological polar surface area (TPSA) is 208 Å². The van der Waals surface area contributed by atoms with Crippen molar-refractivity contribution in [1.29, 1.82) is 0 Å². The molecule has 0 spiro atoms. The van der Waals surface area contributed by atoms with Gasteiger partial charge in [-0.1, -0.05) is 179 Å². The van der Waals surface area contributed by atoms with E-state index < -0.39 is 49.3 Å². The number of aryl methyl sites for hydroxylation is 1. The molecule has 0 radical (unpaired) electrons. The van der Waals surface area contributed by atoms with Crippen molar-refractivity contribution in [3.8, 4) is 12.3 Å². The lowest BCUT2D eigenvalue weighted by Gasteiger charge is -2.69. The lowest BCUT2D eigenvalue weighted by molar-refractivity contribution is -0.178. The number of carbonyl (C=O) groups is 8. The van der Waals surface area contributed by atoms with Crippen LogP contribution in [-0.4, -0.2) is 63.2 Å². The Morgan fingerprint density at radius 2 is 0.789 bits per heavy atom. The molecule has 610 valence electrons. The van der Waals surface area contributed by atoms with Gasteiger partial charge in [-0.25, -0.2) is 19.5 Å². The predicted molar refractivity (Wildman–Crippen MR) is 440 cm³/mol. The number of terminal acetylenes is 1. The summed E-state index contributed by atoms with van der Waals surface area (Å²) in [7, 11) is 0. The normalized spacial score (nSPS) is 47.3. The average molecular weight is 1550 g/mol. The van der Waals surface area contributed by atoms with Gasteiger partial charge in [-0.15, -0.1) is 6.42 Å².